The lowest BCUT2D eigenvalue weighted by molar-refractivity contribution is 0.731. The van der Waals surface area contributed by atoms with E-state index < -0.39 is 0 Å². The number of hydrogen-bond donors (Lipinski definition) is 1. The average molecular weight is 264 g/mol. The van der Waals surface area contributed by atoms with Crippen LogP contribution in [0.4, 0.5) is 0 Å². The molecule has 0 unspecified atom stereocenters. The predicted octanol–water partition coefficient (Wildman–Crippen LogP) is 3.08. The van der Waals surface area contributed by atoms with Gasteiger partial charge in [0.15, 0.2) is 0 Å². The van der Waals surface area contributed by atoms with Crippen LogP contribution >= 0.6 is 11.6 Å². The largest absolute Gasteiger partial charge is 0.316 e. The van der Waals surface area contributed by atoms with Crippen molar-refractivity contribution in [1.82, 2.24) is 15.1 Å². The van der Waals surface area contributed by atoms with E-state index >= 15 is 0 Å². The SMILES string of the molecule is CNCc1ccc(Cl)cc1-c1c(C)nn(C)c1C. The molecular formula is C14H18ClN3. The highest BCUT2D eigenvalue weighted by molar-refractivity contribution is 6.30. The van der Waals surface area contributed by atoms with Crippen LogP contribution in [0.1, 0.15) is 17.0 Å². The maximum atomic E-state index is 6.13. The van der Waals surface area contributed by atoms with Crippen LogP contribution in [0.5, 0.6) is 0 Å². The fourth-order valence-corrected chi connectivity index (χ4v) is 2.46. The van der Waals surface area contributed by atoms with E-state index in [-0.39, 0.29) is 0 Å². The van der Waals surface area contributed by atoms with E-state index in [2.05, 4.69) is 23.4 Å². The summed E-state index contributed by atoms with van der Waals surface area (Å²) in [4.78, 5) is 0. The Labute approximate surface area is 113 Å². The molecule has 1 aromatic heterocycles. The highest BCUT2D eigenvalue weighted by atomic mass is 35.5. The zero-order valence-corrected chi connectivity index (χ0v) is 12.0. The number of nitrogens with one attached hydrogen (secondary N) is 1. The van der Waals surface area contributed by atoms with Crippen molar-refractivity contribution in [2.45, 2.75) is 20.4 Å². The summed E-state index contributed by atoms with van der Waals surface area (Å²) >= 11 is 6.13. The van der Waals surface area contributed by atoms with Crippen molar-refractivity contribution in [2.75, 3.05) is 7.05 Å². The zero-order valence-electron chi connectivity index (χ0n) is 11.2. The molecule has 4 heteroatoms. The average Bonchev–Trinajstić information content (AvgIpc) is 2.56. The summed E-state index contributed by atoms with van der Waals surface area (Å²) in [6, 6.07) is 6.02. The molecule has 96 valence electrons. The molecule has 0 radical (unpaired) electrons. The van der Waals surface area contributed by atoms with E-state index in [1.807, 2.05) is 37.8 Å². The van der Waals surface area contributed by atoms with Gasteiger partial charge in [0.2, 0.25) is 0 Å². The minimum absolute atomic E-state index is 0.757. The molecule has 3 nitrogen and oxygen atoms in total. The normalized spacial score (nSPS) is 10.9. The Balaban J connectivity index is 2.65. The number of nitrogens with zero attached hydrogens (tertiary/aromatic N) is 2. The molecular weight excluding hydrogens is 246 g/mol. The summed E-state index contributed by atoms with van der Waals surface area (Å²) in [7, 11) is 3.91. The van der Waals surface area contributed by atoms with Crippen molar-refractivity contribution in [1.29, 1.82) is 0 Å². The molecule has 2 rings (SSSR count). The van der Waals surface area contributed by atoms with Gasteiger partial charge in [0.05, 0.1) is 5.69 Å². The highest BCUT2D eigenvalue weighted by Gasteiger charge is 2.15. The molecule has 2 aromatic rings. The second-order valence-electron chi connectivity index (χ2n) is 4.50. The Hall–Kier alpha value is -1.32. The molecule has 0 saturated carbocycles. The summed E-state index contributed by atoms with van der Waals surface area (Å²) in [6.45, 7) is 4.94. The quantitative estimate of drug-likeness (QED) is 0.922. The monoisotopic (exact) mass is 263 g/mol. The highest BCUT2D eigenvalue weighted by Crippen LogP contribution is 2.31. The van der Waals surface area contributed by atoms with Crippen LogP contribution in [0, 0.1) is 13.8 Å². The fraction of sp³-hybridized carbons (Fsp3) is 0.357. The van der Waals surface area contributed by atoms with Crippen LogP contribution in [0.15, 0.2) is 18.2 Å². The minimum atomic E-state index is 0.757. The van der Waals surface area contributed by atoms with Gasteiger partial charge in [0.25, 0.3) is 0 Å². The first-order chi connectivity index (χ1) is 8.54. The van der Waals surface area contributed by atoms with Gasteiger partial charge in [0.1, 0.15) is 0 Å². The van der Waals surface area contributed by atoms with E-state index in [0.717, 1.165) is 23.0 Å². The van der Waals surface area contributed by atoms with Crippen LogP contribution < -0.4 is 5.32 Å². The molecule has 1 heterocycles. The molecule has 0 bridgehead atoms. The molecule has 18 heavy (non-hydrogen) atoms. The first-order valence-corrected chi connectivity index (χ1v) is 6.36. The van der Waals surface area contributed by atoms with Gasteiger partial charge in [-0.3, -0.25) is 4.68 Å². The molecule has 0 aliphatic heterocycles. The summed E-state index contributed by atoms with van der Waals surface area (Å²) < 4.78 is 1.91. The molecule has 0 aliphatic rings. The maximum absolute atomic E-state index is 6.13. The first kappa shape index (κ1) is 13.1. The maximum Gasteiger partial charge on any atom is 0.0674 e. The number of halogens is 1. The van der Waals surface area contributed by atoms with Crippen molar-refractivity contribution in [3.63, 3.8) is 0 Å². The third-order valence-corrected chi connectivity index (χ3v) is 3.45. The molecule has 1 N–H and O–H groups in total. The van der Waals surface area contributed by atoms with Crippen LogP contribution in [-0.4, -0.2) is 16.8 Å². The van der Waals surface area contributed by atoms with Gasteiger partial charge in [-0.2, -0.15) is 5.10 Å². The lowest BCUT2D eigenvalue weighted by atomic mass is 9.98. The molecule has 0 amide bonds. The Bertz CT molecular complexity index is 573. The Morgan fingerprint density at radius 3 is 2.61 bits per heavy atom. The van der Waals surface area contributed by atoms with E-state index in [1.165, 1.54) is 16.7 Å². The number of aryl methyl sites for hydroxylation is 2. The fourth-order valence-electron chi connectivity index (χ4n) is 2.29. The molecule has 0 fully saturated rings. The number of aromatic nitrogens is 2. The van der Waals surface area contributed by atoms with Crippen molar-refractivity contribution in [3.05, 3.63) is 40.2 Å². The van der Waals surface area contributed by atoms with Crippen molar-refractivity contribution in [3.8, 4) is 11.1 Å². The van der Waals surface area contributed by atoms with Crippen molar-refractivity contribution in [2.24, 2.45) is 7.05 Å². The molecule has 1 aromatic carbocycles. The minimum Gasteiger partial charge on any atom is -0.316 e. The van der Waals surface area contributed by atoms with Gasteiger partial charge in [-0.25, -0.2) is 0 Å². The third-order valence-electron chi connectivity index (χ3n) is 3.22. The zero-order chi connectivity index (χ0) is 13.3. The van der Waals surface area contributed by atoms with E-state index in [1.54, 1.807) is 0 Å². The van der Waals surface area contributed by atoms with Gasteiger partial charge in [0, 0.05) is 29.9 Å². The standard InChI is InChI=1S/C14H18ClN3/c1-9-14(10(2)18(4)17-9)13-7-12(15)6-5-11(13)8-16-3/h5-7,16H,8H2,1-4H3. The van der Waals surface area contributed by atoms with Crippen LogP contribution in [0.2, 0.25) is 5.02 Å². The summed E-state index contributed by atoms with van der Waals surface area (Å²) in [5.41, 5.74) is 5.79. The molecule has 0 spiro atoms. The third kappa shape index (κ3) is 2.28. The number of rotatable bonds is 3. The Kier molecular flexibility index (Phi) is 3.73. The van der Waals surface area contributed by atoms with Crippen LogP contribution in [-0.2, 0) is 13.6 Å². The van der Waals surface area contributed by atoms with Gasteiger partial charge in [-0.05, 0) is 44.2 Å². The summed E-state index contributed by atoms with van der Waals surface area (Å²) in [5.74, 6) is 0. The summed E-state index contributed by atoms with van der Waals surface area (Å²) in [6.07, 6.45) is 0. The second-order valence-corrected chi connectivity index (χ2v) is 4.94. The van der Waals surface area contributed by atoms with Crippen molar-refractivity contribution < 1.29 is 0 Å². The van der Waals surface area contributed by atoms with Gasteiger partial charge >= 0.3 is 0 Å². The van der Waals surface area contributed by atoms with Gasteiger partial charge in [-0.15, -0.1) is 0 Å². The molecule has 0 saturated heterocycles. The number of benzene rings is 1. The second kappa shape index (κ2) is 5.12. The Morgan fingerprint density at radius 2 is 2.06 bits per heavy atom. The topological polar surface area (TPSA) is 29.9 Å². The van der Waals surface area contributed by atoms with E-state index in [4.69, 9.17) is 11.6 Å². The van der Waals surface area contributed by atoms with Crippen molar-refractivity contribution >= 4 is 11.6 Å². The number of hydrogen-bond acceptors (Lipinski definition) is 2. The molecule has 0 atom stereocenters. The molecule has 0 aliphatic carbocycles. The van der Waals surface area contributed by atoms with Gasteiger partial charge < -0.3 is 5.32 Å². The Morgan fingerprint density at radius 1 is 1.33 bits per heavy atom. The van der Waals surface area contributed by atoms with Gasteiger partial charge in [-0.1, -0.05) is 17.7 Å². The smallest absolute Gasteiger partial charge is 0.0674 e. The van der Waals surface area contributed by atoms with Crippen LogP contribution in [0.25, 0.3) is 11.1 Å². The van der Waals surface area contributed by atoms with E-state index in [9.17, 15) is 0 Å². The predicted molar refractivity (Wildman–Crippen MR) is 75.9 cm³/mol. The first-order valence-electron chi connectivity index (χ1n) is 5.98. The van der Waals surface area contributed by atoms with E-state index in [0.29, 0.717) is 0 Å². The summed E-state index contributed by atoms with van der Waals surface area (Å²) in [5, 5.41) is 8.42. The van der Waals surface area contributed by atoms with Crippen LogP contribution in [0.3, 0.4) is 0 Å². The lowest BCUT2D eigenvalue weighted by Crippen LogP contribution is -2.06. The lowest BCUT2D eigenvalue weighted by Gasteiger charge is -2.10.